The van der Waals surface area contributed by atoms with E-state index in [2.05, 4.69) is 22.0 Å². The van der Waals surface area contributed by atoms with Crippen LogP contribution in [0.4, 0.5) is 11.5 Å². The van der Waals surface area contributed by atoms with Crippen LogP contribution in [0.15, 0.2) is 48.8 Å². The van der Waals surface area contributed by atoms with Crippen molar-refractivity contribution < 1.29 is 5.11 Å². The van der Waals surface area contributed by atoms with Crippen LogP contribution in [0.3, 0.4) is 0 Å². The van der Waals surface area contributed by atoms with Crippen LogP contribution in [-0.2, 0) is 0 Å². The van der Waals surface area contributed by atoms with E-state index in [-0.39, 0.29) is 0 Å². The highest BCUT2D eigenvalue weighted by Gasteiger charge is 2.26. The molecule has 4 aromatic rings. The number of fused-ring (bicyclic) bond motifs is 3. The summed E-state index contributed by atoms with van der Waals surface area (Å²) in [5, 5.41) is 20.4. The highest BCUT2D eigenvalue weighted by atomic mass is 35.5. The van der Waals surface area contributed by atoms with Gasteiger partial charge in [-0.05, 0) is 62.1 Å². The monoisotopic (exact) mass is 431 g/mol. The molecule has 2 aromatic carbocycles. The van der Waals surface area contributed by atoms with E-state index >= 15 is 0 Å². The lowest BCUT2D eigenvalue weighted by atomic mass is 9.85. The molecule has 0 atom stereocenters. The smallest absolute Gasteiger partial charge is 0.257 e. The molecule has 5 rings (SSSR count). The van der Waals surface area contributed by atoms with Crippen LogP contribution < -0.4 is 4.90 Å². The number of nitrogens with zero attached hydrogens (tertiary/aromatic N) is 5. The zero-order valence-corrected chi connectivity index (χ0v) is 18.0. The molecular weight excluding hydrogens is 410 g/mol. The van der Waals surface area contributed by atoms with Crippen LogP contribution >= 0.6 is 11.6 Å². The lowest BCUT2D eigenvalue weighted by Gasteiger charge is -2.26. The molecule has 0 aliphatic heterocycles. The third-order valence-electron chi connectivity index (χ3n) is 5.87. The van der Waals surface area contributed by atoms with Gasteiger partial charge in [-0.15, -0.1) is 10.2 Å². The lowest BCUT2D eigenvalue weighted by Crippen LogP contribution is -2.29. The van der Waals surface area contributed by atoms with Crippen LogP contribution in [0.5, 0.6) is 0 Å². The van der Waals surface area contributed by atoms with E-state index in [0.717, 1.165) is 53.7 Å². The van der Waals surface area contributed by atoms with Gasteiger partial charge in [0.25, 0.3) is 5.78 Å². The molecule has 31 heavy (non-hydrogen) atoms. The molecule has 1 fully saturated rings. The van der Waals surface area contributed by atoms with Crippen molar-refractivity contribution >= 4 is 39.8 Å². The molecule has 1 aliphatic rings. The maximum atomic E-state index is 10.7. The lowest BCUT2D eigenvalue weighted by molar-refractivity contribution is 0.0610. The Morgan fingerprint density at radius 2 is 1.97 bits per heavy atom. The van der Waals surface area contributed by atoms with Gasteiger partial charge in [0, 0.05) is 28.7 Å². The molecule has 7 heteroatoms. The normalized spacial score (nSPS) is 15.6. The predicted molar refractivity (Wildman–Crippen MR) is 123 cm³/mol. The molecular formula is C24H22ClN5O. The quantitative estimate of drug-likeness (QED) is 0.464. The summed E-state index contributed by atoms with van der Waals surface area (Å²) in [7, 11) is 1.96. The zero-order chi connectivity index (χ0) is 21.4. The molecule has 156 valence electrons. The van der Waals surface area contributed by atoms with E-state index < -0.39 is 5.60 Å². The van der Waals surface area contributed by atoms with Crippen molar-refractivity contribution in [2.75, 3.05) is 11.9 Å². The third-order valence-corrected chi connectivity index (χ3v) is 6.10. The summed E-state index contributed by atoms with van der Waals surface area (Å²) in [4.78, 5) is 6.73. The second-order valence-corrected chi connectivity index (χ2v) is 8.49. The highest BCUT2D eigenvalue weighted by molar-refractivity contribution is 6.31. The average Bonchev–Trinajstić information content (AvgIpc) is 3.26. The summed E-state index contributed by atoms with van der Waals surface area (Å²) >= 11 is 6.24. The molecule has 6 nitrogen and oxygen atoms in total. The minimum Gasteiger partial charge on any atom is -0.378 e. The molecule has 0 bridgehead atoms. The Labute approximate surface area is 185 Å². The van der Waals surface area contributed by atoms with E-state index in [1.54, 1.807) is 6.33 Å². The van der Waals surface area contributed by atoms with Gasteiger partial charge in [0.15, 0.2) is 0 Å². The molecule has 1 saturated carbocycles. The summed E-state index contributed by atoms with van der Waals surface area (Å²) in [6.45, 7) is 0. The van der Waals surface area contributed by atoms with E-state index in [1.165, 1.54) is 6.42 Å². The summed E-state index contributed by atoms with van der Waals surface area (Å²) in [5.74, 6) is 7.55. The van der Waals surface area contributed by atoms with Gasteiger partial charge in [-0.1, -0.05) is 35.9 Å². The van der Waals surface area contributed by atoms with Gasteiger partial charge >= 0.3 is 0 Å². The van der Waals surface area contributed by atoms with Crippen molar-refractivity contribution in [2.45, 2.75) is 37.7 Å². The first kappa shape index (κ1) is 19.8. The Bertz CT molecular complexity index is 1330. The van der Waals surface area contributed by atoms with Crippen LogP contribution in [-0.4, -0.2) is 37.3 Å². The first-order chi connectivity index (χ1) is 15.0. The van der Waals surface area contributed by atoms with Crippen molar-refractivity contribution in [3.05, 3.63) is 59.4 Å². The maximum Gasteiger partial charge on any atom is 0.257 e. The van der Waals surface area contributed by atoms with E-state index in [1.807, 2.05) is 58.8 Å². The topological polar surface area (TPSA) is 66.5 Å². The second-order valence-electron chi connectivity index (χ2n) is 8.05. The third kappa shape index (κ3) is 3.83. The van der Waals surface area contributed by atoms with Gasteiger partial charge < -0.3 is 10.0 Å². The molecule has 2 heterocycles. The van der Waals surface area contributed by atoms with Crippen molar-refractivity contribution in [3.63, 3.8) is 0 Å². The zero-order valence-electron chi connectivity index (χ0n) is 17.2. The number of hydrogen-bond acceptors (Lipinski definition) is 5. The van der Waals surface area contributed by atoms with Gasteiger partial charge in [0.05, 0.1) is 5.52 Å². The fourth-order valence-corrected chi connectivity index (χ4v) is 4.31. The predicted octanol–water partition coefficient (Wildman–Crippen LogP) is 4.75. The summed E-state index contributed by atoms with van der Waals surface area (Å²) in [6, 6.07) is 13.6. The second kappa shape index (κ2) is 7.84. The Morgan fingerprint density at radius 3 is 2.81 bits per heavy atom. The Kier molecular flexibility index (Phi) is 5.01. The van der Waals surface area contributed by atoms with Crippen molar-refractivity contribution in [3.8, 4) is 11.8 Å². The largest absolute Gasteiger partial charge is 0.378 e. The number of rotatable bonds is 2. The molecule has 0 unspecified atom stereocenters. The summed E-state index contributed by atoms with van der Waals surface area (Å²) in [5.41, 5.74) is 1.82. The maximum absolute atomic E-state index is 10.7. The highest BCUT2D eigenvalue weighted by Crippen LogP contribution is 2.32. The Balaban J connectivity index is 1.54. The van der Waals surface area contributed by atoms with Crippen molar-refractivity contribution in [1.29, 1.82) is 0 Å². The molecule has 2 aromatic heterocycles. The average molecular weight is 432 g/mol. The number of halogens is 1. The Hall–Kier alpha value is -3.14. The molecule has 0 radical (unpaired) electrons. The molecule has 0 saturated heterocycles. The molecule has 0 spiro atoms. The van der Waals surface area contributed by atoms with E-state index in [9.17, 15) is 5.11 Å². The van der Waals surface area contributed by atoms with Gasteiger partial charge in [-0.2, -0.15) is 4.98 Å². The van der Waals surface area contributed by atoms with Gasteiger partial charge in [0.1, 0.15) is 17.7 Å². The summed E-state index contributed by atoms with van der Waals surface area (Å²) < 4.78 is 1.82. The van der Waals surface area contributed by atoms with Crippen LogP contribution in [0.1, 0.15) is 37.7 Å². The fraction of sp³-hybridized carbons (Fsp3) is 0.292. The minimum atomic E-state index is -0.865. The van der Waals surface area contributed by atoms with E-state index in [0.29, 0.717) is 10.8 Å². The number of aliphatic hydroxyl groups is 1. The summed E-state index contributed by atoms with van der Waals surface area (Å²) in [6.07, 6.45) is 6.36. The number of benzene rings is 2. The van der Waals surface area contributed by atoms with Crippen LogP contribution in [0, 0.1) is 11.8 Å². The first-order valence-electron chi connectivity index (χ1n) is 10.4. The molecule has 1 aliphatic carbocycles. The van der Waals surface area contributed by atoms with Gasteiger partial charge in [-0.25, -0.2) is 0 Å². The number of aromatic nitrogens is 4. The number of anilines is 2. The number of hydrogen-bond donors (Lipinski definition) is 1. The van der Waals surface area contributed by atoms with Crippen LogP contribution in [0.2, 0.25) is 5.02 Å². The van der Waals surface area contributed by atoms with E-state index in [4.69, 9.17) is 16.6 Å². The van der Waals surface area contributed by atoms with Crippen molar-refractivity contribution in [1.82, 2.24) is 19.6 Å². The first-order valence-corrected chi connectivity index (χ1v) is 10.8. The fourth-order valence-electron chi connectivity index (χ4n) is 4.14. The molecule has 1 N–H and O–H groups in total. The van der Waals surface area contributed by atoms with Gasteiger partial charge in [0.2, 0.25) is 0 Å². The Morgan fingerprint density at radius 1 is 1.13 bits per heavy atom. The van der Waals surface area contributed by atoms with Crippen LogP contribution in [0.25, 0.3) is 16.7 Å². The minimum absolute atomic E-state index is 0.507. The van der Waals surface area contributed by atoms with Gasteiger partial charge in [-0.3, -0.25) is 4.40 Å². The molecule has 0 amide bonds. The SMILES string of the molecule is CN(c1cccc(C#CC2(O)CCCCC2)c1)c1nc2nncn2c2cc(Cl)ccc12. The van der Waals surface area contributed by atoms with Crippen molar-refractivity contribution in [2.24, 2.45) is 0 Å². The standard InChI is InChI=1S/C24H22ClN5O/c1-29(19-7-5-6-17(14-19)10-13-24(31)11-3-2-4-12-24)22-20-9-8-18(25)15-21(20)30-16-26-28-23(30)27-22/h5-9,14-16,31H,2-4,11-12H2,1H3.